The van der Waals surface area contributed by atoms with E-state index in [0.29, 0.717) is 5.75 Å². The zero-order valence-electron chi connectivity index (χ0n) is 11.3. The van der Waals surface area contributed by atoms with Gasteiger partial charge in [0.15, 0.2) is 6.61 Å². The number of carbonyl (C=O) groups excluding carboxylic acids is 1. The van der Waals surface area contributed by atoms with Gasteiger partial charge in [0.25, 0.3) is 5.91 Å². The van der Waals surface area contributed by atoms with Gasteiger partial charge in [0, 0.05) is 5.69 Å². The molecule has 0 aromatic heterocycles. The molecule has 0 bridgehead atoms. The first kappa shape index (κ1) is 14.1. The predicted molar refractivity (Wildman–Crippen MR) is 77.7 cm³/mol. The van der Waals surface area contributed by atoms with E-state index in [2.05, 4.69) is 5.32 Å². The molecular formula is C16H17NO3. The van der Waals surface area contributed by atoms with Crippen molar-refractivity contribution in [3.8, 4) is 5.75 Å². The van der Waals surface area contributed by atoms with E-state index in [-0.39, 0.29) is 19.1 Å². The van der Waals surface area contributed by atoms with Crippen LogP contribution in [0.15, 0.2) is 48.5 Å². The average Bonchev–Trinajstić information content (AvgIpc) is 2.48. The molecule has 20 heavy (non-hydrogen) atoms. The van der Waals surface area contributed by atoms with Crippen LogP contribution in [0.4, 0.5) is 5.69 Å². The third-order valence-electron chi connectivity index (χ3n) is 2.87. The lowest BCUT2D eigenvalue weighted by Crippen LogP contribution is -2.20. The maximum Gasteiger partial charge on any atom is 0.262 e. The number of aliphatic hydroxyl groups is 1. The number of carbonyl (C=O) groups is 1. The number of aliphatic hydroxyl groups excluding tert-OH is 1. The molecule has 0 unspecified atom stereocenters. The normalized spacial score (nSPS) is 10.1. The highest BCUT2D eigenvalue weighted by molar-refractivity contribution is 5.92. The third-order valence-corrected chi connectivity index (χ3v) is 2.87. The Bertz CT molecular complexity index is 596. The molecule has 0 atom stereocenters. The fourth-order valence-corrected chi connectivity index (χ4v) is 1.78. The van der Waals surface area contributed by atoms with Crippen molar-refractivity contribution in [2.75, 3.05) is 11.9 Å². The highest BCUT2D eigenvalue weighted by Crippen LogP contribution is 2.15. The predicted octanol–water partition coefficient (Wildman–Crippen LogP) is 2.50. The molecule has 1 amide bonds. The topological polar surface area (TPSA) is 58.6 Å². The number of ether oxygens (including phenoxy) is 1. The van der Waals surface area contributed by atoms with Crippen LogP contribution in [0.3, 0.4) is 0 Å². The van der Waals surface area contributed by atoms with Gasteiger partial charge in [-0.1, -0.05) is 30.3 Å². The van der Waals surface area contributed by atoms with E-state index in [1.165, 1.54) is 0 Å². The second kappa shape index (κ2) is 6.73. The molecule has 2 aromatic rings. The van der Waals surface area contributed by atoms with Gasteiger partial charge in [0.1, 0.15) is 5.75 Å². The summed E-state index contributed by atoms with van der Waals surface area (Å²) in [6.45, 7) is 1.82. The van der Waals surface area contributed by atoms with E-state index in [1.54, 1.807) is 24.3 Å². The summed E-state index contributed by atoms with van der Waals surface area (Å²) in [5.74, 6) is 0.352. The number of rotatable bonds is 5. The SMILES string of the molecule is Cc1ccccc1NC(=O)COc1cccc(CO)c1. The van der Waals surface area contributed by atoms with Crippen molar-refractivity contribution in [3.63, 3.8) is 0 Å². The number of amides is 1. The Hall–Kier alpha value is -2.33. The van der Waals surface area contributed by atoms with E-state index in [1.807, 2.05) is 31.2 Å². The molecule has 0 heterocycles. The minimum Gasteiger partial charge on any atom is -0.484 e. The Kier molecular flexibility index (Phi) is 4.74. The van der Waals surface area contributed by atoms with Crippen LogP contribution in [-0.4, -0.2) is 17.6 Å². The molecule has 0 radical (unpaired) electrons. The van der Waals surface area contributed by atoms with Gasteiger partial charge in [-0.05, 0) is 36.2 Å². The number of anilines is 1. The molecule has 0 saturated carbocycles. The highest BCUT2D eigenvalue weighted by Gasteiger charge is 2.05. The van der Waals surface area contributed by atoms with Crippen LogP contribution in [-0.2, 0) is 11.4 Å². The molecular weight excluding hydrogens is 254 g/mol. The Morgan fingerprint density at radius 2 is 2.00 bits per heavy atom. The standard InChI is InChI=1S/C16H17NO3/c1-12-5-2-3-8-15(12)17-16(19)11-20-14-7-4-6-13(9-14)10-18/h2-9,18H,10-11H2,1H3,(H,17,19). The van der Waals surface area contributed by atoms with E-state index in [9.17, 15) is 4.79 Å². The highest BCUT2D eigenvalue weighted by atomic mass is 16.5. The van der Waals surface area contributed by atoms with Crippen LogP contribution in [0.5, 0.6) is 5.75 Å². The van der Waals surface area contributed by atoms with Crippen molar-refractivity contribution in [1.29, 1.82) is 0 Å². The van der Waals surface area contributed by atoms with Crippen LogP contribution in [0.25, 0.3) is 0 Å². The van der Waals surface area contributed by atoms with E-state index < -0.39 is 0 Å². The molecule has 4 heteroatoms. The summed E-state index contributed by atoms with van der Waals surface area (Å²) in [6.07, 6.45) is 0. The van der Waals surface area contributed by atoms with Crippen LogP contribution in [0.1, 0.15) is 11.1 Å². The number of para-hydroxylation sites is 1. The monoisotopic (exact) mass is 271 g/mol. The van der Waals surface area contributed by atoms with Crippen molar-refractivity contribution in [2.45, 2.75) is 13.5 Å². The average molecular weight is 271 g/mol. The van der Waals surface area contributed by atoms with Gasteiger partial charge in [-0.3, -0.25) is 4.79 Å². The summed E-state index contributed by atoms with van der Waals surface area (Å²) >= 11 is 0. The number of benzene rings is 2. The van der Waals surface area contributed by atoms with Gasteiger partial charge in [0.05, 0.1) is 6.61 Å². The van der Waals surface area contributed by atoms with Crippen LogP contribution < -0.4 is 10.1 Å². The van der Waals surface area contributed by atoms with Crippen LogP contribution >= 0.6 is 0 Å². The van der Waals surface area contributed by atoms with Crippen LogP contribution in [0.2, 0.25) is 0 Å². The quantitative estimate of drug-likeness (QED) is 0.878. The minimum atomic E-state index is -0.214. The Labute approximate surface area is 118 Å². The first-order valence-corrected chi connectivity index (χ1v) is 6.37. The van der Waals surface area contributed by atoms with Crippen molar-refractivity contribution in [1.82, 2.24) is 0 Å². The van der Waals surface area contributed by atoms with Gasteiger partial charge in [0.2, 0.25) is 0 Å². The van der Waals surface area contributed by atoms with E-state index in [4.69, 9.17) is 9.84 Å². The van der Waals surface area contributed by atoms with E-state index in [0.717, 1.165) is 16.8 Å². The summed E-state index contributed by atoms with van der Waals surface area (Å²) in [7, 11) is 0. The molecule has 2 N–H and O–H groups in total. The number of aryl methyl sites for hydroxylation is 1. The Balaban J connectivity index is 1.90. The lowest BCUT2D eigenvalue weighted by atomic mass is 10.2. The molecule has 104 valence electrons. The fourth-order valence-electron chi connectivity index (χ4n) is 1.78. The van der Waals surface area contributed by atoms with Gasteiger partial charge >= 0.3 is 0 Å². The molecule has 4 nitrogen and oxygen atoms in total. The summed E-state index contributed by atoms with van der Waals surface area (Å²) < 4.78 is 5.40. The number of hydrogen-bond donors (Lipinski definition) is 2. The molecule has 0 spiro atoms. The molecule has 2 aromatic carbocycles. The summed E-state index contributed by atoms with van der Waals surface area (Å²) in [5, 5.41) is 11.8. The second-order valence-electron chi connectivity index (χ2n) is 4.46. The minimum absolute atomic E-state index is 0.0490. The largest absolute Gasteiger partial charge is 0.484 e. The van der Waals surface area contributed by atoms with E-state index >= 15 is 0 Å². The van der Waals surface area contributed by atoms with Crippen molar-refractivity contribution < 1.29 is 14.6 Å². The maximum absolute atomic E-state index is 11.8. The lowest BCUT2D eigenvalue weighted by molar-refractivity contribution is -0.118. The van der Waals surface area contributed by atoms with Gasteiger partial charge < -0.3 is 15.2 Å². The Morgan fingerprint density at radius 1 is 1.20 bits per heavy atom. The van der Waals surface area contributed by atoms with Crippen molar-refractivity contribution >= 4 is 11.6 Å². The molecule has 0 aliphatic rings. The zero-order valence-corrected chi connectivity index (χ0v) is 11.3. The van der Waals surface area contributed by atoms with Gasteiger partial charge in [-0.25, -0.2) is 0 Å². The fraction of sp³-hybridized carbons (Fsp3) is 0.188. The zero-order chi connectivity index (χ0) is 14.4. The molecule has 2 rings (SSSR count). The van der Waals surface area contributed by atoms with Gasteiger partial charge in [-0.2, -0.15) is 0 Å². The first-order chi connectivity index (χ1) is 9.69. The molecule has 0 aliphatic carbocycles. The summed E-state index contributed by atoms with van der Waals surface area (Å²) in [6, 6.07) is 14.6. The molecule has 0 saturated heterocycles. The summed E-state index contributed by atoms with van der Waals surface area (Å²) in [5.41, 5.74) is 2.54. The van der Waals surface area contributed by atoms with Crippen LogP contribution in [0, 0.1) is 6.92 Å². The number of nitrogens with one attached hydrogen (secondary N) is 1. The third kappa shape index (κ3) is 3.83. The summed E-state index contributed by atoms with van der Waals surface area (Å²) in [4.78, 5) is 11.8. The molecule has 0 aliphatic heterocycles. The maximum atomic E-state index is 11.8. The van der Waals surface area contributed by atoms with Crippen molar-refractivity contribution in [3.05, 3.63) is 59.7 Å². The smallest absolute Gasteiger partial charge is 0.262 e. The number of hydrogen-bond acceptors (Lipinski definition) is 3. The lowest BCUT2D eigenvalue weighted by Gasteiger charge is -2.09. The second-order valence-corrected chi connectivity index (χ2v) is 4.46. The van der Waals surface area contributed by atoms with Gasteiger partial charge in [-0.15, -0.1) is 0 Å². The first-order valence-electron chi connectivity index (χ1n) is 6.37. The molecule has 0 fully saturated rings. The Morgan fingerprint density at radius 3 is 2.75 bits per heavy atom. The van der Waals surface area contributed by atoms with Crippen molar-refractivity contribution in [2.24, 2.45) is 0 Å².